The molecule has 0 saturated heterocycles. The highest BCUT2D eigenvalue weighted by Crippen LogP contribution is 2.28. The van der Waals surface area contributed by atoms with Crippen LogP contribution < -0.4 is 20.1 Å². The van der Waals surface area contributed by atoms with E-state index in [9.17, 15) is 4.79 Å². The summed E-state index contributed by atoms with van der Waals surface area (Å²) in [5.41, 5.74) is 0.688. The van der Waals surface area contributed by atoms with Crippen LogP contribution in [0, 0.1) is 0 Å². The summed E-state index contributed by atoms with van der Waals surface area (Å²) in [4.78, 5) is 16.1. The number of carbonyl (C=O) groups excluding carboxylic acids is 1. The van der Waals surface area contributed by atoms with Gasteiger partial charge in [-0.1, -0.05) is 0 Å². The molecule has 0 aromatic carbocycles. The number of rotatable bonds is 9. The van der Waals surface area contributed by atoms with Gasteiger partial charge in [0.2, 0.25) is 5.91 Å². The Labute approximate surface area is 125 Å². The van der Waals surface area contributed by atoms with Crippen molar-refractivity contribution in [3.8, 4) is 11.5 Å². The maximum Gasteiger partial charge on any atom is 0.236 e. The average Bonchev–Trinajstić information content (AvgIpc) is 2.51. The lowest BCUT2D eigenvalue weighted by Gasteiger charge is -2.16. The van der Waals surface area contributed by atoms with Gasteiger partial charge in [-0.2, -0.15) is 0 Å². The van der Waals surface area contributed by atoms with E-state index in [2.05, 4.69) is 15.6 Å². The van der Waals surface area contributed by atoms with Gasteiger partial charge in [-0.25, -0.2) is 0 Å². The zero-order chi connectivity index (χ0) is 15.7. The third-order valence-electron chi connectivity index (χ3n) is 2.94. The average molecular weight is 297 g/mol. The molecule has 118 valence electrons. The molecule has 0 bridgehead atoms. The van der Waals surface area contributed by atoms with E-state index in [1.165, 1.54) is 0 Å². The Morgan fingerprint density at radius 2 is 2.10 bits per heavy atom. The second kappa shape index (κ2) is 9.15. The summed E-state index contributed by atoms with van der Waals surface area (Å²) < 4.78 is 15.4. The molecular formula is C14H23N3O4. The molecule has 21 heavy (non-hydrogen) atoms. The fraction of sp³-hybridized carbons (Fsp3) is 0.571. The van der Waals surface area contributed by atoms with E-state index >= 15 is 0 Å². The summed E-state index contributed by atoms with van der Waals surface area (Å²) >= 11 is 0. The summed E-state index contributed by atoms with van der Waals surface area (Å²) in [7, 11) is 4.72. The van der Waals surface area contributed by atoms with E-state index in [-0.39, 0.29) is 11.9 Å². The van der Waals surface area contributed by atoms with E-state index < -0.39 is 0 Å². The van der Waals surface area contributed by atoms with Gasteiger partial charge < -0.3 is 24.8 Å². The van der Waals surface area contributed by atoms with Crippen LogP contribution in [0.4, 0.5) is 0 Å². The maximum atomic E-state index is 11.8. The Kier molecular flexibility index (Phi) is 7.49. The molecular weight excluding hydrogens is 274 g/mol. The molecule has 1 aromatic heterocycles. The van der Waals surface area contributed by atoms with Crippen LogP contribution >= 0.6 is 0 Å². The number of nitrogens with one attached hydrogen (secondary N) is 2. The summed E-state index contributed by atoms with van der Waals surface area (Å²) in [6.07, 6.45) is 1.64. The highest BCUT2D eigenvalue weighted by Gasteiger charge is 2.15. The molecule has 0 radical (unpaired) electrons. The molecule has 1 atom stereocenters. The Morgan fingerprint density at radius 3 is 2.71 bits per heavy atom. The first-order valence-corrected chi connectivity index (χ1v) is 6.69. The van der Waals surface area contributed by atoms with Gasteiger partial charge >= 0.3 is 0 Å². The molecule has 1 amide bonds. The predicted molar refractivity (Wildman–Crippen MR) is 78.5 cm³/mol. The van der Waals surface area contributed by atoms with Crippen LogP contribution in [0.1, 0.15) is 12.6 Å². The van der Waals surface area contributed by atoms with Crippen molar-refractivity contribution in [2.45, 2.75) is 19.5 Å². The molecule has 0 saturated carbocycles. The monoisotopic (exact) mass is 297 g/mol. The lowest BCUT2D eigenvalue weighted by Crippen LogP contribution is -2.43. The molecule has 1 heterocycles. The number of ether oxygens (including phenoxy) is 3. The fourth-order valence-electron chi connectivity index (χ4n) is 1.75. The van der Waals surface area contributed by atoms with E-state index in [0.717, 1.165) is 0 Å². The van der Waals surface area contributed by atoms with Gasteiger partial charge in [0.25, 0.3) is 0 Å². The molecule has 2 N–H and O–H groups in total. The van der Waals surface area contributed by atoms with Gasteiger partial charge in [-0.15, -0.1) is 0 Å². The lowest BCUT2D eigenvalue weighted by molar-refractivity contribution is -0.123. The van der Waals surface area contributed by atoms with Crippen LogP contribution in [0.15, 0.2) is 12.3 Å². The summed E-state index contributed by atoms with van der Waals surface area (Å²) in [5, 5.41) is 5.87. The van der Waals surface area contributed by atoms with Crippen LogP contribution in [0.5, 0.6) is 11.5 Å². The number of aromatic nitrogens is 1. The van der Waals surface area contributed by atoms with Crippen molar-refractivity contribution >= 4 is 5.91 Å². The number of amides is 1. The third kappa shape index (κ3) is 5.20. The Bertz CT molecular complexity index is 454. The van der Waals surface area contributed by atoms with Crippen LogP contribution in [0.2, 0.25) is 0 Å². The van der Waals surface area contributed by atoms with Crippen molar-refractivity contribution in [1.82, 2.24) is 15.6 Å². The first kappa shape index (κ1) is 17.2. The van der Waals surface area contributed by atoms with Crippen LogP contribution in [-0.2, 0) is 16.1 Å². The van der Waals surface area contributed by atoms with Crippen LogP contribution in [-0.4, -0.2) is 51.4 Å². The highest BCUT2D eigenvalue weighted by atomic mass is 16.5. The molecule has 7 heteroatoms. The number of nitrogens with zero attached hydrogens (tertiary/aromatic N) is 1. The van der Waals surface area contributed by atoms with Gasteiger partial charge in [0.05, 0.1) is 32.6 Å². The smallest absolute Gasteiger partial charge is 0.236 e. The number of hydrogen-bond acceptors (Lipinski definition) is 6. The van der Waals surface area contributed by atoms with E-state index in [1.807, 2.05) is 0 Å². The molecule has 1 aromatic rings. The third-order valence-corrected chi connectivity index (χ3v) is 2.94. The quantitative estimate of drug-likeness (QED) is 0.640. The predicted octanol–water partition coefficient (Wildman–Crippen LogP) is 0.340. The second-order valence-corrected chi connectivity index (χ2v) is 4.38. The SMILES string of the molecule is COCCNC(=O)C(C)NCc1nccc(OC)c1OC. The molecule has 1 rings (SSSR count). The molecule has 1 unspecified atom stereocenters. The van der Waals surface area contributed by atoms with Crippen molar-refractivity contribution in [3.05, 3.63) is 18.0 Å². The number of hydrogen-bond donors (Lipinski definition) is 2. The summed E-state index contributed by atoms with van der Waals surface area (Å²) in [6, 6.07) is 1.38. The van der Waals surface area contributed by atoms with E-state index in [1.54, 1.807) is 40.5 Å². The minimum absolute atomic E-state index is 0.0890. The Morgan fingerprint density at radius 1 is 1.33 bits per heavy atom. The zero-order valence-corrected chi connectivity index (χ0v) is 12.9. The first-order valence-electron chi connectivity index (χ1n) is 6.69. The molecule has 7 nitrogen and oxygen atoms in total. The first-order chi connectivity index (χ1) is 10.1. The fourth-order valence-corrected chi connectivity index (χ4v) is 1.75. The second-order valence-electron chi connectivity index (χ2n) is 4.38. The molecule has 0 fully saturated rings. The van der Waals surface area contributed by atoms with Gasteiger partial charge in [0, 0.05) is 32.5 Å². The van der Waals surface area contributed by atoms with Gasteiger partial charge in [0.15, 0.2) is 11.5 Å². The number of pyridine rings is 1. The van der Waals surface area contributed by atoms with Gasteiger partial charge in [0.1, 0.15) is 0 Å². The minimum Gasteiger partial charge on any atom is -0.493 e. The van der Waals surface area contributed by atoms with E-state index in [4.69, 9.17) is 14.2 Å². The molecule has 0 spiro atoms. The standard InChI is InChI=1S/C14H23N3O4/c1-10(14(18)16-7-8-19-2)17-9-11-13(21-4)12(20-3)5-6-15-11/h5-6,10,17H,7-9H2,1-4H3,(H,16,18). The number of methoxy groups -OCH3 is 3. The zero-order valence-electron chi connectivity index (χ0n) is 12.9. The molecule has 0 aliphatic carbocycles. The largest absolute Gasteiger partial charge is 0.493 e. The van der Waals surface area contributed by atoms with Gasteiger partial charge in [-0.3, -0.25) is 9.78 Å². The van der Waals surface area contributed by atoms with E-state index in [0.29, 0.717) is 36.9 Å². The van der Waals surface area contributed by atoms with Crippen molar-refractivity contribution in [1.29, 1.82) is 0 Å². The minimum atomic E-state index is -0.348. The molecule has 0 aliphatic heterocycles. The van der Waals surface area contributed by atoms with Crippen molar-refractivity contribution in [2.24, 2.45) is 0 Å². The molecule has 0 aliphatic rings. The maximum absolute atomic E-state index is 11.8. The van der Waals surface area contributed by atoms with Crippen molar-refractivity contribution < 1.29 is 19.0 Å². The van der Waals surface area contributed by atoms with Crippen LogP contribution in [0.25, 0.3) is 0 Å². The summed E-state index contributed by atoms with van der Waals surface area (Å²) in [6.45, 7) is 3.17. The Hall–Kier alpha value is -1.86. The van der Waals surface area contributed by atoms with Crippen LogP contribution in [0.3, 0.4) is 0 Å². The summed E-state index contributed by atoms with van der Waals surface area (Å²) in [5.74, 6) is 1.09. The highest BCUT2D eigenvalue weighted by molar-refractivity contribution is 5.81. The number of carbonyl (C=O) groups is 1. The van der Waals surface area contributed by atoms with Crippen molar-refractivity contribution in [3.63, 3.8) is 0 Å². The topological polar surface area (TPSA) is 81.7 Å². The normalized spacial score (nSPS) is 11.8. The Balaban J connectivity index is 2.56. The van der Waals surface area contributed by atoms with Gasteiger partial charge in [-0.05, 0) is 6.92 Å². The van der Waals surface area contributed by atoms with Crippen molar-refractivity contribution in [2.75, 3.05) is 34.5 Å². The lowest BCUT2D eigenvalue weighted by atomic mass is 10.2.